The smallest absolute Gasteiger partial charge is 0.335 e. The van der Waals surface area contributed by atoms with Crippen molar-refractivity contribution >= 4 is 5.97 Å². The summed E-state index contributed by atoms with van der Waals surface area (Å²) in [4.78, 5) is 12.7. The largest absolute Gasteiger partial charge is 0.478 e. The van der Waals surface area contributed by atoms with Crippen molar-refractivity contribution < 1.29 is 14.6 Å². The van der Waals surface area contributed by atoms with Gasteiger partial charge in [-0.2, -0.15) is 0 Å². The van der Waals surface area contributed by atoms with Crippen molar-refractivity contribution in [3.8, 4) is 5.75 Å². The van der Waals surface area contributed by atoms with E-state index in [1.165, 1.54) is 18.4 Å². The summed E-state index contributed by atoms with van der Waals surface area (Å²) in [6.07, 6.45) is 6.81. The Balaban J connectivity index is 2.76. The third-order valence-electron chi connectivity index (χ3n) is 2.33. The number of ether oxygens (including phenoxy) is 1. The first-order valence-electron chi connectivity index (χ1n) is 5.71. The Labute approximate surface area is 112 Å². The van der Waals surface area contributed by atoms with Crippen LogP contribution in [-0.2, 0) is 0 Å². The molecule has 0 atom stereocenters. The average Bonchev–Trinajstić information content (AvgIpc) is 2.38. The van der Waals surface area contributed by atoms with Crippen molar-refractivity contribution in [3.05, 3.63) is 66.6 Å². The van der Waals surface area contributed by atoms with Gasteiger partial charge in [0.05, 0.1) is 11.8 Å². The van der Waals surface area contributed by atoms with Gasteiger partial charge in [-0.05, 0) is 30.4 Å². The van der Waals surface area contributed by atoms with Gasteiger partial charge in [-0.1, -0.05) is 18.7 Å². The van der Waals surface area contributed by atoms with Crippen LogP contribution in [0.3, 0.4) is 0 Å². The monoisotopic (exact) mass is 259 g/mol. The van der Waals surface area contributed by atoms with Gasteiger partial charge in [0.2, 0.25) is 0 Å². The molecular formula is C15H17NO3. The number of hydrogen-bond acceptors (Lipinski definition) is 3. The molecule has 4 heteroatoms. The molecule has 1 rings (SSSR count). The minimum absolute atomic E-state index is 0.195. The van der Waals surface area contributed by atoms with Gasteiger partial charge in [0, 0.05) is 19.8 Å². The van der Waals surface area contributed by atoms with E-state index in [1.54, 1.807) is 24.3 Å². The van der Waals surface area contributed by atoms with Gasteiger partial charge < -0.3 is 14.7 Å². The number of aromatic carboxylic acids is 1. The van der Waals surface area contributed by atoms with E-state index >= 15 is 0 Å². The summed E-state index contributed by atoms with van der Waals surface area (Å²) in [6, 6.07) is 6.32. The van der Waals surface area contributed by atoms with Crippen LogP contribution < -0.4 is 4.74 Å². The molecule has 0 saturated heterocycles. The SMILES string of the molecule is C=C/C=C(\C=C\Oc1cccc(C(=O)O)c1)N(C)C. The minimum Gasteiger partial charge on any atom is -0.478 e. The zero-order valence-corrected chi connectivity index (χ0v) is 11.0. The molecule has 19 heavy (non-hydrogen) atoms. The van der Waals surface area contributed by atoms with E-state index in [1.807, 2.05) is 25.1 Å². The third kappa shape index (κ3) is 4.71. The van der Waals surface area contributed by atoms with Gasteiger partial charge in [-0.25, -0.2) is 4.79 Å². The van der Waals surface area contributed by atoms with E-state index in [0.717, 1.165) is 5.70 Å². The fourth-order valence-electron chi connectivity index (χ4n) is 1.36. The van der Waals surface area contributed by atoms with Gasteiger partial charge in [-0.15, -0.1) is 0 Å². The van der Waals surface area contributed by atoms with E-state index in [9.17, 15) is 4.79 Å². The minimum atomic E-state index is -0.977. The predicted molar refractivity (Wildman–Crippen MR) is 75.1 cm³/mol. The Hall–Kier alpha value is -2.49. The molecule has 0 aromatic heterocycles. The van der Waals surface area contributed by atoms with Crippen molar-refractivity contribution in [2.24, 2.45) is 0 Å². The molecule has 0 saturated carbocycles. The van der Waals surface area contributed by atoms with E-state index in [4.69, 9.17) is 9.84 Å². The number of likely N-dealkylation sites (N-methyl/N-ethyl adjacent to an activating group) is 1. The molecule has 1 N–H and O–H groups in total. The third-order valence-corrected chi connectivity index (χ3v) is 2.33. The first-order chi connectivity index (χ1) is 9.04. The molecule has 0 heterocycles. The Morgan fingerprint density at radius 3 is 2.74 bits per heavy atom. The highest BCUT2D eigenvalue weighted by Gasteiger charge is 2.02. The normalized spacial score (nSPS) is 11.4. The predicted octanol–water partition coefficient (Wildman–Crippen LogP) is 2.91. The number of allylic oxidation sites excluding steroid dienone is 3. The summed E-state index contributed by atoms with van der Waals surface area (Å²) in [6.45, 7) is 3.64. The molecule has 0 unspecified atom stereocenters. The van der Waals surface area contributed by atoms with Gasteiger partial charge >= 0.3 is 5.97 Å². The van der Waals surface area contributed by atoms with Gasteiger partial charge in [0.1, 0.15) is 5.75 Å². The van der Waals surface area contributed by atoms with Crippen LogP contribution in [0.2, 0.25) is 0 Å². The van der Waals surface area contributed by atoms with Gasteiger partial charge in [0.15, 0.2) is 0 Å². The number of nitrogens with zero attached hydrogens (tertiary/aromatic N) is 1. The number of hydrogen-bond donors (Lipinski definition) is 1. The Kier molecular flexibility index (Phi) is 5.41. The molecule has 0 amide bonds. The number of carboxylic acid groups (broad SMARTS) is 1. The lowest BCUT2D eigenvalue weighted by molar-refractivity contribution is 0.0696. The van der Waals surface area contributed by atoms with Gasteiger partial charge in [-0.3, -0.25) is 0 Å². The maximum absolute atomic E-state index is 10.8. The zero-order valence-electron chi connectivity index (χ0n) is 11.0. The lowest BCUT2D eigenvalue weighted by Crippen LogP contribution is -2.08. The van der Waals surface area contributed by atoms with Crippen LogP contribution in [0.5, 0.6) is 5.75 Å². The molecule has 100 valence electrons. The molecule has 0 aliphatic heterocycles. The molecule has 4 nitrogen and oxygen atoms in total. The Bertz CT molecular complexity index is 516. The van der Waals surface area contributed by atoms with Crippen molar-refractivity contribution in [2.75, 3.05) is 14.1 Å². The van der Waals surface area contributed by atoms with Crippen LogP contribution in [0.4, 0.5) is 0 Å². The summed E-state index contributed by atoms with van der Waals surface area (Å²) in [7, 11) is 3.81. The van der Waals surface area contributed by atoms with Crippen LogP contribution in [0, 0.1) is 0 Å². The van der Waals surface area contributed by atoms with Crippen LogP contribution in [0.25, 0.3) is 0 Å². The van der Waals surface area contributed by atoms with Crippen molar-refractivity contribution in [1.29, 1.82) is 0 Å². The molecule has 0 fully saturated rings. The van der Waals surface area contributed by atoms with Crippen molar-refractivity contribution in [2.45, 2.75) is 0 Å². The fourth-order valence-corrected chi connectivity index (χ4v) is 1.36. The second-order valence-electron chi connectivity index (χ2n) is 3.98. The molecular weight excluding hydrogens is 242 g/mol. The molecule has 1 aromatic rings. The number of benzene rings is 1. The quantitative estimate of drug-likeness (QED) is 0.630. The zero-order chi connectivity index (χ0) is 14.3. The Morgan fingerprint density at radius 1 is 1.42 bits per heavy atom. The standard InChI is InChI=1S/C15H17NO3/c1-4-6-13(16(2)3)9-10-19-14-8-5-7-12(11-14)15(17)18/h4-11H,1H2,2-3H3,(H,17,18)/b10-9+,13-6+. The summed E-state index contributed by atoms with van der Waals surface area (Å²) in [5, 5.41) is 8.87. The fraction of sp³-hybridized carbons (Fsp3) is 0.133. The number of carbonyl (C=O) groups is 1. The highest BCUT2D eigenvalue weighted by atomic mass is 16.5. The highest BCUT2D eigenvalue weighted by molar-refractivity contribution is 5.88. The average molecular weight is 259 g/mol. The van der Waals surface area contributed by atoms with Crippen LogP contribution in [0.15, 0.2) is 61.0 Å². The molecule has 0 spiro atoms. The summed E-state index contributed by atoms with van der Waals surface area (Å²) >= 11 is 0. The van der Waals surface area contributed by atoms with Crippen LogP contribution >= 0.6 is 0 Å². The van der Waals surface area contributed by atoms with Gasteiger partial charge in [0.25, 0.3) is 0 Å². The van der Waals surface area contributed by atoms with E-state index in [0.29, 0.717) is 5.75 Å². The Morgan fingerprint density at radius 2 is 2.16 bits per heavy atom. The first-order valence-corrected chi connectivity index (χ1v) is 5.71. The van der Waals surface area contributed by atoms with Crippen molar-refractivity contribution in [1.82, 2.24) is 4.90 Å². The van der Waals surface area contributed by atoms with E-state index in [2.05, 4.69) is 6.58 Å². The molecule has 0 aliphatic rings. The van der Waals surface area contributed by atoms with Crippen LogP contribution in [-0.4, -0.2) is 30.1 Å². The first kappa shape index (κ1) is 14.6. The molecule has 0 aliphatic carbocycles. The molecule has 0 radical (unpaired) electrons. The second kappa shape index (κ2) is 7.06. The maximum Gasteiger partial charge on any atom is 0.335 e. The van der Waals surface area contributed by atoms with Crippen molar-refractivity contribution in [3.63, 3.8) is 0 Å². The second-order valence-corrected chi connectivity index (χ2v) is 3.98. The number of rotatable bonds is 6. The lowest BCUT2D eigenvalue weighted by atomic mass is 10.2. The molecule has 0 bridgehead atoms. The molecule has 1 aromatic carbocycles. The summed E-state index contributed by atoms with van der Waals surface area (Å²) < 4.78 is 5.38. The highest BCUT2D eigenvalue weighted by Crippen LogP contribution is 2.14. The number of carboxylic acids is 1. The lowest BCUT2D eigenvalue weighted by Gasteiger charge is -2.12. The van der Waals surface area contributed by atoms with Crippen LogP contribution in [0.1, 0.15) is 10.4 Å². The van der Waals surface area contributed by atoms with E-state index < -0.39 is 5.97 Å². The maximum atomic E-state index is 10.8. The summed E-state index contributed by atoms with van der Waals surface area (Å²) in [5.41, 5.74) is 1.12. The van der Waals surface area contributed by atoms with E-state index in [-0.39, 0.29) is 5.56 Å². The summed E-state index contributed by atoms with van der Waals surface area (Å²) in [5.74, 6) is -0.497. The topological polar surface area (TPSA) is 49.8 Å².